The molecule has 0 unspecified atom stereocenters. The van der Waals surface area contributed by atoms with Gasteiger partial charge in [-0.25, -0.2) is 0 Å². The van der Waals surface area contributed by atoms with Crippen molar-refractivity contribution in [1.82, 2.24) is 0 Å². The van der Waals surface area contributed by atoms with Crippen LogP contribution < -0.4 is 0 Å². The second-order valence-corrected chi connectivity index (χ2v) is 9.20. The first-order valence-electron chi connectivity index (χ1n) is 12.6. The Labute approximate surface area is 182 Å². The lowest BCUT2D eigenvalue weighted by Gasteiger charge is -2.15. The Morgan fingerprint density at radius 2 is 0.857 bits per heavy atom. The van der Waals surface area contributed by atoms with Crippen LogP contribution in [0.1, 0.15) is 134 Å². The highest BCUT2D eigenvalue weighted by Gasteiger charge is 2.09. The van der Waals surface area contributed by atoms with Crippen LogP contribution in [0.5, 0.6) is 0 Å². The van der Waals surface area contributed by atoms with E-state index in [9.17, 15) is 0 Å². The van der Waals surface area contributed by atoms with Crippen molar-refractivity contribution in [3.63, 3.8) is 0 Å². The minimum atomic E-state index is 1.22. The molecule has 1 aromatic rings. The molecular formula is C27H48S. The number of thiol groups is 1. The molecule has 28 heavy (non-hydrogen) atoms. The summed E-state index contributed by atoms with van der Waals surface area (Å²) in [6.07, 6.45) is 24.1. The molecule has 0 fully saturated rings. The molecule has 0 atom stereocenters. The predicted octanol–water partition coefficient (Wildman–Crippen LogP) is 9.51. The fraction of sp³-hybridized carbons (Fsp3) is 0.778. The Morgan fingerprint density at radius 3 is 1.25 bits per heavy atom. The van der Waals surface area contributed by atoms with Gasteiger partial charge in [0.25, 0.3) is 0 Å². The van der Waals surface area contributed by atoms with Gasteiger partial charge in [-0.3, -0.25) is 0 Å². The molecule has 0 nitrogen and oxygen atoms in total. The summed E-state index contributed by atoms with van der Waals surface area (Å²) < 4.78 is 0. The summed E-state index contributed by atoms with van der Waals surface area (Å²) in [6.45, 7) is 6.89. The van der Waals surface area contributed by atoms with E-state index < -0.39 is 0 Å². The van der Waals surface area contributed by atoms with E-state index in [1.54, 1.807) is 5.56 Å². The molecule has 0 aliphatic rings. The summed E-state index contributed by atoms with van der Waals surface area (Å²) in [5.41, 5.74) is 4.62. The van der Waals surface area contributed by atoms with Crippen LogP contribution in [0.3, 0.4) is 0 Å². The van der Waals surface area contributed by atoms with Gasteiger partial charge in [0.1, 0.15) is 0 Å². The van der Waals surface area contributed by atoms with Gasteiger partial charge in [0.2, 0.25) is 0 Å². The monoisotopic (exact) mass is 404 g/mol. The van der Waals surface area contributed by atoms with Crippen LogP contribution in [0.2, 0.25) is 0 Å². The van der Waals surface area contributed by atoms with Gasteiger partial charge in [0, 0.05) is 4.90 Å². The van der Waals surface area contributed by atoms with Crippen LogP contribution in [0.15, 0.2) is 17.0 Å². The average molecular weight is 405 g/mol. The SMILES string of the molecule is CCCCCCCc1cc(CCCCCCC)c(S)c(CCCCCCC)c1. The lowest BCUT2D eigenvalue weighted by molar-refractivity contribution is 0.620. The maximum Gasteiger partial charge on any atom is 0.0104 e. The first-order chi connectivity index (χ1) is 13.7. The molecule has 0 aliphatic heterocycles. The van der Waals surface area contributed by atoms with E-state index in [1.807, 2.05) is 0 Å². The largest absolute Gasteiger partial charge is 0.143 e. The van der Waals surface area contributed by atoms with Crippen LogP contribution in [0, 0.1) is 0 Å². The Hall–Kier alpha value is -0.430. The van der Waals surface area contributed by atoms with E-state index in [2.05, 4.69) is 32.9 Å². The van der Waals surface area contributed by atoms with Crippen LogP contribution >= 0.6 is 12.6 Å². The molecule has 1 heteroatoms. The molecule has 0 saturated heterocycles. The van der Waals surface area contributed by atoms with Gasteiger partial charge in [-0.15, -0.1) is 12.6 Å². The van der Waals surface area contributed by atoms with E-state index in [4.69, 9.17) is 12.6 Å². The number of hydrogen-bond acceptors (Lipinski definition) is 1. The first-order valence-corrected chi connectivity index (χ1v) is 13.0. The van der Waals surface area contributed by atoms with Crippen LogP contribution in [0.25, 0.3) is 0 Å². The lowest BCUT2D eigenvalue weighted by Crippen LogP contribution is -1.99. The topological polar surface area (TPSA) is 0 Å². The maximum atomic E-state index is 4.98. The number of benzene rings is 1. The third kappa shape index (κ3) is 11.5. The van der Waals surface area contributed by atoms with Crippen molar-refractivity contribution < 1.29 is 0 Å². The highest BCUT2D eigenvalue weighted by atomic mass is 32.1. The molecule has 1 aromatic carbocycles. The molecule has 0 aliphatic carbocycles. The highest BCUT2D eigenvalue weighted by molar-refractivity contribution is 7.80. The normalized spacial score (nSPS) is 11.3. The van der Waals surface area contributed by atoms with Gasteiger partial charge in [-0.05, 0) is 55.2 Å². The van der Waals surface area contributed by atoms with E-state index >= 15 is 0 Å². The molecule has 0 N–H and O–H groups in total. The van der Waals surface area contributed by atoms with Gasteiger partial charge in [-0.1, -0.05) is 110 Å². The van der Waals surface area contributed by atoms with Crippen molar-refractivity contribution in [1.29, 1.82) is 0 Å². The van der Waals surface area contributed by atoms with Crippen molar-refractivity contribution in [2.75, 3.05) is 0 Å². The zero-order valence-corrected chi connectivity index (χ0v) is 20.2. The minimum Gasteiger partial charge on any atom is -0.143 e. The molecule has 1 rings (SSSR count). The number of aryl methyl sites for hydroxylation is 3. The Bertz CT molecular complexity index is 456. The zero-order chi connectivity index (χ0) is 20.5. The first kappa shape index (κ1) is 25.6. The standard InChI is InChI=1S/C27H48S/c1-4-7-10-13-16-19-24-22-25(20-17-14-11-8-5-2)27(28)26(23-24)21-18-15-12-9-6-3/h22-23,28H,4-21H2,1-3H3. The summed E-state index contributed by atoms with van der Waals surface area (Å²) in [5.74, 6) is 0. The average Bonchev–Trinajstić information content (AvgIpc) is 2.70. The number of unbranched alkanes of at least 4 members (excludes halogenated alkanes) is 12. The summed E-state index contributed by atoms with van der Waals surface area (Å²) in [6, 6.07) is 4.98. The fourth-order valence-corrected chi connectivity index (χ4v) is 4.48. The fourth-order valence-electron chi connectivity index (χ4n) is 4.13. The number of rotatable bonds is 18. The predicted molar refractivity (Wildman–Crippen MR) is 131 cm³/mol. The van der Waals surface area contributed by atoms with Gasteiger partial charge in [0.05, 0.1) is 0 Å². The van der Waals surface area contributed by atoms with E-state index in [1.165, 1.54) is 132 Å². The maximum absolute atomic E-state index is 4.98. The molecule has 0 saturated carbocycles. The molecule has 0 amide bonds. The second-order valence-electron chi connectivity index (χ2n) is 8.76. The van der Waals surface area contributed by atoms with Crippen molar-refractivity contribution in [2.24, 2.45) is 0 Å². The third-order valence-corrected chi connectivity index (χ3v) is 6.57. The summed E-state index contributed by atoms with van der Waals surface area (Å²) >= 11 is 4.98. The molecule has 0 bridgehead atoms. The van der Waals surface area contributed by atoms with Crippen LogP contribution in [-0.4, -0.2) is 0 Å². The third-order valence-electron chi connectivity index (χ3n) is 6.00. The van der Waals surface area contributed by atoms with Gasteiger partial charge < -0.3 is 0 Å². The van der Waals surface area contributed by atoms with Gasteiger partial charge >= 0.3 is 0 Å². The molecule has 0 heterocycles. The van der Waals surface area contributed by atoms with E-state index in [-0.39, 0.29) is 0 Å². The van der Waals surface area contributed by atoms with Crippen molar-refractivity contribution >= 4 is 12.6 Å². The molecule has 0 radical (unpaired) electrons. The quantitative estimate of drug-likeness (QED) is 0.183. The molecule has 0 aromatic heterocycles. The number of hydrogen-bond donors (Lipinski definition) is 1. The Balaban J connectivity index is 2.65. The molecule has 162 valence electrons. The Morgan fingerprint density at radius 1 is 0.500 bits per heavy atom. The summed E-state index contributed by atoms with van der Waals surface area (Å²) in [4.78, 5) is 1.31. The van der Waals surface area contributed by atoms with Gasteiger partial charge in [0.15, 0.2) is 0 Å². The minimum absolute atomic E-state index is 1.22. The Kier molecular flexibility index (Phi) is 15.9. The van der Waals surface area contributed by atoms with E-state index in [0.29, 0.717) is 0 Å². The second kappa shape index (κ2) is 17.4. The van der Waals surface area contributed by atoms with Gasteiger partial charge in [-0.2, -0.15) is 0 Å². The van der Waals surface area contributed by atoms with Crippen molar-refractivity contribution in [3.05, 3.63) is 28.8 Å². The van der Waals surface area contributed by atoms with Crippen LogP contribution in [-0.2, 0) is 19.3 Å². The smallest absolute Gasteiger partial charge is 0.0104 e. The highest BCUT2D eigenvalue weighted by Crippen LogP contribution is 2.27. The van der Waals surface area contributed by atoms with Crippen LogP contribution in [0.4, 0.5) is 0 Å². The zero-order valence-electron chi connectivity index (χ0n) is 19.3. The lowest BCUT2D eigenvalue weighted by atomic mass is 9.95. The van der Waals surface area contributed by atoms with E-state index in [0.717, 1.165) is 0 Å². The molecular weight excluding hydrogens is 356 g/mol. The molecule has 0 spiro atoms. The summed E-state index contributed by atoms with van der Waals surface area (Å²) in [7, 11) is 0. The van der Waals surface area contributed by atoms with Crippen molar-refractivity contribution in [3.8, 4) is 0 Å². The van der Waals surface area contributed by atoms with Crippen molar-refractivity contribution in [2.45, 2.75) is 141 Å². The summed E-state index contributed by atoms with van der Waals surface area (Å²) in [5, 5.41) is 0.